The molecule has 0 radical (unpaired) electrons. The first kappa shape index (κ1) is 13.5. The van der Waals surface area contributed by atoms with E-state index in [2.05, 4.69) is 10.5 Å². The maximum atomic E-state index is 10.5. The lowest BCUT2D eigenvalue weighted by Crippen LogP contribution is -2.01. The highest BCUT2D eigenvalue weighted by Crippen LogP contribution is 2.06. The molecule has 0 amide bonds. The van der Waals surface area contributed by atoms with Gasteiger partial charge in [-0.1, -0.05) is 30.3 Å². The van der Waals surface area contributed by atoms with Crippen LogP contribution in [-0.4, -0.2) is 18.2 Å². The predicted molar refractivity (Wildman–Crippen MR) is 58.9 cm³/mol. The van der Waals surface area contributed by atoms with Crippen LogP contribution in [0.4, 0.5) is 0 Å². The zero-order chi connectivity index (χ0) is 12.4. The molecule has 0 fully saturated rings. The Labute approximate surface area is 93.4 Å². The standard InChI is InChI=1S/C10H10O3.CH2N2/c1-13-9(10(11)12)7-8-5-3-2-4-6-8;2-1-3/h2-7H,1H3,(H,11,12);2H2. The Morgan fingerprint density at radius 3 is 2.38 bits per heavy atom. The number of carbonyl (C=O) groups is 1. The lowest BCUT2D eigenvalue weighted by Gasteiger charge is -1.99. The molecule has 0 spiro atoms. The Kier molecular flexibility index (Phi) is 6.66. The maximum absolute atomic E-state index is 10.5. The van der Waals surface area contributed by atoms with Crippen LogP contribution < -0.4 is 5.73 Å². The van der Waals surface area contributed by atoms with E-state index in [-0.39, 0.29) is 5.76 Å². The van der Waals surface area contributed by atoms with E-state index in [9.17, 15) is 4.79 Å². The summed E-state index contributed by atoms with van der Waals surface area (Å²) in [6.07, 6.45) is 2.72. The Balaban J connectivity index is 0.000000673. The number of ether oxygens (including phenoxy) is 1. The van der Waals surface area contributed by atoms with Crippen LogP contribution in [0.1, 0.15) is 5.56 Å². The maximum Gasteiger partial charge on any atom is 0.371 e. The third-order valence-corrected chi connectivity index (χ3v) is 1.53. The highest BCUT2D eigenvalue weighted by molar-refractivity contribution is 5.89. The number of benzene rings is 1. The van der Waals surface area contributed by atoms with E-state index < -0.39 is 5.97 Å². The van der Waals surface area contributed by atoms with Crippen molar-refractivity contribution in [2.24, 2.45) is 5.73 Å². The van der Waals surface area contributed by atoms with Gasteiger partial charge in [-0.2, -0.15) is 5.26 Å². The van der Waals surface area contributed by atoms with Crippen LogP contribution in [0.15, 0.2) is 36.1 Å². The van der Waals surface area contributed by atoms with E-state index >= 15 is 0 Å². The van der Waals surface area contributed by atoms with Gasteiger partial charge in [-0.3, -0.25) is 0 Å². The summed E-state index contributed by atoms with van der Waals surface area (Å²) < 4.78 is 4.68. The molecule has 84 valence electrons. The summed E-state index contributed by atoms with van der Waals surface area (Å²) >= 11 is 0. The quantitative estimate of drug-likeness (QED) is 0.345. The largest absolute Gasteiger partial charge is 0.490 e. The molecule has 5 nitrogen and oxygen atoms in total. The molecule has 0 saturated carbocycles. The molecule has 0 atom stereocenters. The fraction of sp³-hybridized carbons (Fsp3) is 0.0909. The third kappa shape index (κ3) is 5.29. The molecule has 3 N–H and O–H groups in total. The summed E-state index contributed by atoms with van der Waals surface area (Å²) in [5.74, 6) is -1.13. The Morgan fingerprint density at radius 1 is 1.50 bits per heavy atom. The first-order chi connectivity index (χ1) is 7.65. The number of nitriles is 1. The summed E-state index contributed by atoms with van der Waals surface area (Å²) in [4.78, 5) is 10.5. The Hall–Kier alpha value is -2.48. The van der Waals surface area contributed by atoms with Gasteiger partial charge in [0.05, 0.1) is 7.11 Å². The fourth-order valence-electron chi connectivity index (χ4n) is 0.909. The van der Waals surface area contributed by atoms with Gasteiger partial charge in [-0.15, -0.1) is 0 Å². The van der Waals surface area contributed by atoms with Gasteiger partial charge in [-0.05, 0) is 11.6 Å². The van der Waals surface area contributed by atoms with Crippen molar-refractivity contribution in [2.75, 3.05) is 7.11 Å². The average molecular weight is 220 g/mol. The van der Waals surface area contributed by atoms with E-state index in [0.29, 0.717) is 0 Å². The molecule has 0 aliphatic heterocycles. The zero-order valence-corrected chi connectivity index (χ0v) is 8.75. The van der Waals surface area contributed by atoms with E-state index in [4.69, 9.17) is 10.4 Å². The van der Waals surface area contributed by atoms with Crippen molar-refractivity contribution in [1.82, 2.24) is 0 Å². The summed E-state index contributed by atoms with van der Waals surface area (Å²) in [6.45, 7) is 0. The van der Waals surface area contributed by atoms with E-state index in [1.807, 2.05) is 30.3 Å². The predicted octanol–water partition coefficient (Wildman–Crippen LogP) is 1.18. The Bertz CT molecular complexity index is 393. The van der Waals surface area contributed by atoms with Crippen molar-refractivity contribution in [2.45, 2.75) is 0 Å². The molecule has 0 heterocycles. The van der Waals surface area contributed by atoms with Gasteiger partial charge in [0, 0.05) is 0 Å². The second-order valence-electron chi connectivity index (χ2n) is 2.56. The Morgan fingerprint density at radius 2 is 2.00 bits per heavy atom. The van der Waals surface area contributed by atoms with Gasteiger partial charge in [0.2, 0.25) is 5.76 Å². The first-order valence-electron chi connectivity index (χ1n) is 4.29. The molecule has 0 bridgehead atoms. The average Bonchev–Trinajstić information content (AvgIpc) is 2.28. The number of aliphatic carboxylic acids is 1. The van der Waals surface area contributed by atoms with Crippen LogP contribution in [0.3, 0.4) is 0 Å². The number of nitrogens with zero attached hydrogens (tertiary/aromatic N) is 1. The van der Waals surface area contributed by atoms with Crippen molar-refractivity contribution in [3.05, 3.63) is 41.7 Å². The topological polar surface area (TPSA) is 96.3 Å². The number of nitrogens with two attached hydrogens (primary N) is 1. The number of carboxylic acids is 1. The molecular weight excluding hydrogens is 208 g/mol. The summed E-state index contributed by atoms with van der Waals surface area (Å²) in [7, 11) is 1.34. The molecule has 0 aliphatic rings. The van der Waals surface area contributed by atoms with Gasteiger partial charge in [-0.25, -0.2) is 4.79 Å². The summed E-state index contributed by atoms with van der Waals surface area (Å²) in [5, 5.41) is 15.7. The highest BCUT2D eigenvalue weighted by Gasteiger charge is 2.05. The molecule has 1 rings (SSSR count). The minimum absolute atomic E-state index is 0.0637. The molecule has 1 aromatic rings. The van der Waals surface area contributed by atoms with E-state index in [0.717, 1.165) is 5.56 Å². The van der Waals surface area contributed by atoms with Gasteiger partial charge in [0.1, 0.15) is 0 Å². The minimum Gasteiger partial charge on any atom is -0.490 e. The molecule has 0 saturated heterocycles. The third-order valence-electron chi connectivity index (χ3n) is 1.53. The molecule has 16 heavy (non-hydrogen) atoms. The van der Waals surface area contributed by atoms with E-state index in [1.54, 1.807) is 0 Å². The van der Waals surface area contributed by atoms with Crippen molar-refractivity contribution in [3.8, 4) is 6.19 Å². The van der Waals surface area contributed by atoms with Crippen molar-refractivity contribution in [3.63, 3.8) is 0 Å². The SMILES string of the molecule is COC(=Cc1ccccc1)C(=O)O.N#CN. The monoisotopic (exact) mass is 220 g/mol. The van der Waals surface area contributed by atoms with Gasteiger partial charge in [0.25, 0.3) is 0 Å². The van der Waals surface area contributed by atoms with Crippen molar-refractivity contribution >= 4 is 12.0 Å². The molecule has 5 heteroatoms. The zero-order valence-electron chi connectivity index (χ0n) is 8.75. The molecular formula is C11H12N2O3. The number of hydrogen-bond donors (Lipinski definition) is 2. The lowest BCUT2D eigenvalue weighted by molar-refractivity contribution is -0.135. The normalized spacial score (nSPS) is 9.38. The van der Waals surface area contributed by atoms with Crippen LogP contribution in [-0.2, 0) is 9.53 Å². The first-order valence-corrected chi connectivity index (χ1v) is 4.29. The van der Waals surface area contributed by atoms with Crippen LogP contribution in [0.2, 0.25) is 0 Å². The van der Waals surface area contributed by atoms with Crippen LogP contribution in [0.25, 0.3) is 6.08 Å². The minimum atomic E-state index is -1.06. The van der Waals surface area contributed by atoms with Crippen LogP contribution >= 0.6 is 0 Å². The van der Waals surface area contributed by atoms with Gasteiger partial charge in [0.15, 0.2) is 6.19 Å². The number of methoxy groups -OCH3 is 1. The lowest BCUT2D eigenvalue weighted by atomic mass is 10.2. The molecule has 0 aliphatic carbocycles. The molecule has 1 aromatic carbocycles. The van der Waals surface area contributed by atoms with Crippen molar-refractivity contribution < 1.29 is 14.6 Å². The number of hydrogen-bond acceptors (Lipinski definition) is 4. The van der Waals surface area contributed by atoms with Gasteiger partial charge >= 0.3 is 5.97 Å². The van der Waals surface area contributed by atoms with Crippen LogP contribution in [0, 0.1) is 11.5 Å². The number of rotatable bonds is 3. The highest BCUT2D eigenvalue weighted by atomic mass is 16.5. The second kappa shape index (κ2) is 7.88. The number of carboxylic acid groups (broad SMARTS) is 1. The molecule has 0 unspecified atom stereocenters. The van der Waals surface area contributed by atoms with Crippen LogP contribution in [0.5, 0.6) is 0 Å². The van der Waals surface area contributed by atoms with E-state index in [1.165, 1.54) is 19.4 Å². The second-order valence-corrected chi connectivity index (χ2v) is 2.56. The van der Waals surface area contributed by atoms with Gasteiger partial charge < -0.3 is 15.6 Å². The summed E-state index contributed by atoms with van der Waals surface area (Å²) in [6, 6.07) is 9.15. The molecule has 0 aromatic heterocycles. The van der Waals surface area contributed by atoms with Crippen molar-refractivity contribution in [1.29, 1.82) is 5.26 Å². The summed E-state index contributed by atoms with van der Waals surface area (Å²) in [5.41, 5.74) is 4.96. The smallest absolute Gasteiger partial charge is 0.371 e. The fourth-order valence-corrected chi connectivity index (χ4v) is 0.909.